The summed E-state index contributed by atoms with van der Waals surface area (Å²) in [6.45, 7) is 2.25. The number of allylic oxidation sites excluding steroid dienone is 1. The molecule has 2 aromatic heterocycles. The highest BCUT2D eigenvalue weighted by Crippen LogP contribution is 2.52. The van der Waals surface area contributed by atoms with Crippen molar-refractivity contribution in [2.75, 3.05) is 32.0 Å². The Morgan fingerprint density at radius 3 is 2.55 bits per heavy atom. The maximum absolute atomic E-state index is 14.1. The van der Waals surface area contributed by atoms with Crippen molar-refractivity contribution in [1.82, 2.24) is 19.0 Å². The summed E-state index contributed by atoms with van der Waals surface area (Å²) in [5.74, 6) is 2.38. The van der Waals surface area contributed by atoms with Gasteiger partial charge in [-0.1, -0.05) is 24.3 Å². The number of piperidine rings is 1. The lowest BCUT2D eigenvalue weighted by Crippen LogP contribution is -2.43. The van der Waals surface area contributed by atoms with E-state index in [-0.39, 0.29) is 34.9 Å². The number of aromatic nitrogens is 3. The van der Waals surface area contributed by atoms with Gasteiger partial charge in [-0.2, -0.15) is 5.26 Å². The van der Waals surface area contributed by atoms with Crippen molar-refractivity contribution in [1.29, 1.82) is 5.26 Å². The van der Waals surface area contributed by atoms with Crippen molar-refractivity contribution in [2.24, 2.45) is 17.8 Å². The fourth-order valence-electron chi connectivity index (χ4n) is 6.47. The largest absolute Gasteiger partial charge is 0.457 e. The summed E-state index contributed by atoms with van der Waals surface area (Å²) in [4.78, 5) is 33.5. The molecule has 1 amide bonds. The zero-order chi connectivity index (χ0) is 28.8. The number of carbonyl (C=O) groups is 1. The minimum absolute atomic E-state index is 0.177. The number of rotatable bonds is 6. The van der Waals surface area contributed by atoms with Gasteiger partial charge in [0.25, 0.3) is 5.91 Å². The Hall–Kier alpha value is -4.88. The highest BCUT2D eigenvalue weighted by Gasteiger charge is 2.53. The van der Waals surface area contributed by atoms with Crippen molar-refractivity contribution in [3.63, 3.8) is 0 Å². The molecular formula is C32H30N6O4. The second kappa shape index (κ2) is 10.5. The number of benzene rings is 2. The maximum Gasteiger partial charge on any atom is 0.334 e. The number of anilines is 1. The molecule has 2 aliphatic heterocycles. The van der Waals surface area contributed by atoms with Crippen LogP contribution in [0.5, 0.6) is 11.5 Å². The minimum atomic E-state index is -0.282. The van der Waals surface area contributed by atoms with E-state index < -0.39 is 0 Å². The molecule has 10 nitrogen and oxygen atoms in total. The molecule has 3 aliphatic rings. The zero-order valence-corrected chi connectivity index (χ0v) is 22.9. The van der Waals surface area contributed by atoms with Crippen LogP contribution in [0, 0.1) is 29.1 Å². The first-order valence-electron chi connectivity index (χ1n) is 14.2. The molecule has 0 radical (unpaired) electrons. The first-order chi connectivity index (χ1) is 20.5. The topological polar surface area (TPSA) is 128 Å². The number of carbonyl (C=O) groups excluding carboxylic acids is 1. The van der Waals surface area contributed by atoms with Crippen LogP contribution in [0.1, 0.15) is 18.9 Å². The number of para-hydroxylation sites is 1. The third kappa shape index (κ3) is 4.52. The first-order valence-corrected chi connectivity index (χ1v) is 14.2. The van der Waals surface area contributed by atoms with Crippen LogP contribution in [0.4, 0.5) is 5.82 Å². The number of hydrogen-bond donors (Lipinski definition) is 1. The maximum atomic E-state index is 14.1. The molecule has 1 saturated carbocycles. The van der Waals surface area contributed by atoms with E-state index in [1.165, 1.54) is 0 Å². The van der Waals surface area contributed by atoms with Crippen LogP contribution in [-0.2, 0) is 9.53 Å². The Morgan fingerprint density at radius 2 is 1.81 bits per heavy atom. The van der Waals surface area contributed by atoms with Gasteiger partial charge in [-0.3, -0.25) is 13.9 Å². The quantitative estimate of drug-likeness (QED) is 0.277. The molecule has 4 heterocycles. The van der Waals surface area contributed by atoms with Gasteiger partial charge in [0.2, 0.25) is 0 Å². The van der Waals surface area contributed by atoms with E-state index in [0.29, 0.717) is 79.2 Å². The Bertz CT molecular complexity index is 1780. The second-order valence-electron chi connectivity index (χ2n) is 11.1. The van der Waals surface area contributed by atoms with Crippen molar-refractivity contribution < 1.29 is 14.3 Å². The molecule has 3 fully saturated rings. The first kappa shape index (κ1) is 26.0. The number of likely N-dealkylation sites (tertiary alicyclic amines) is 1. The fraction of sp³-hybridized carbons (Fsp3) is 0.312. The number of amides is 1. The van der Waals surface area contributed by atoms with Gasteiger partial charge in [0.15, 0.2) is 0 Å². The molecule has 1 aliphatic carbocycles. The molecule has 10 heteroatoms. The van der Waals surface area contributed by atoms with Gasteiger partial charge in [-0.25, -0.2) is 9.78 Å². The Morgan fingerprint density at radius 1 is 1.07 bits per heavy atom. The molecule has 0 bridgehead atoms. The average molecular weight is 563 g/mol. The molecular weight excluding hydrogens is 532 g/mol. The van der Waals surface area contributed by atoms with Gasteiger partial charge in [-0.15, -0.1) is 0 Å². The van der Waals surface area contributed by atoms with Gasteiger partial charge in [0.1, 0.15) is 34.5 Å². The molecule has 4 atom stereocenters. The predicted octanol–water partition coefficient (Wildman–Crippen LogP) is 4.07. The van der Waals surface area contributed by atoms with Gasteiger partial charge < -0.3 is 20.1 Å². The van der Waals surface area contributed by atoms with Crippen LogP contribution in [0.15, 0.2) is 83.3 Å². The fourth-order valence-corrected chi connectivity index (χ4v) is 6.47. The summed E-state index contributed by atoms with van der Waals surface area (Å²) in [6.07, 6.45) is 4.85. The van der Waals surface area contributed by atoms with E-state index in [2.05, 4.69) is 11.1 Å². The normalized spacial score (nSPS) is 23.4. The average Bonchev–Trinajstić information content (AvgIpc) is 3.29. The monoisotopic (exact) mass is 562 g/mol. The van der Waals surface area contributed by atoms with E-state index in [1.54, 1.807) is 38.4 Å². The summed E-state index contributed by atoms with van der Waals surface area (Å²) in [6, 6.07) is 20.3. The standard InChI is InChI=1S/C32H30N6O4/c33-16-20(15-25-26-18-41-19-27(25)26)31(39)36-14-4-5-22(17-36)37-28-12-13-35-30(34)29(28)38(32(37)40)21-8-10-24(11-9-21)42-23-6-2-1-3-7-23/h1-3,6-13,15,22,25-27H,4-5,14,17-19H2,(H2,34,35)/t22?,25?,26-,27+. The number of ether oxygens (including phenoxy) is 2. The second-order valence-corrected chi connectivity index (χ2v) is 11.1. The van der Waals surface area contributed by atoms with Gasteiger partial charge >= 0.3 is 5.69 Å². The number of nitrogens with zero attached hydrogens (tertiary/aromatic N) is 5. The van der Waals surface area contributed by atoms with E-state index >= 15 is 0 Å². The van der Waals surface area contributed by atoms with Crippen LogP contribution in [-0.4, -0.2) is 51.2 Å². The zero-order valence-electron chi connectivity index (χ0n) is 22.9. The Kier molecular flexibility index (Phi) is 6.52. The molecule has 0 spiro atoms. The lowest BCUT2D eigenvalue weighted by Gasteiger charge is -2.33. The Labute approximate surface area is 242 Å². The molecule has 4 aromatic rings. The third-order valence-corrected chi connectivity index (χ3v) is 8.66. The lowest BCUT2D eigenvalue weighted by atomic mass is 10.0. The molecule has 2 unspecified atom stereocenters. The number of nitrogens with two attached hydrogens (primary N) is 1. The predicted molar refractivity (Wildman–Crippen MR) is 156 cm³/mol. The van der Waals surface area contributed by atoms with Crippen LogP contribution in [0.3, 0.4) is 0 Å². The molecule has 42 heavy (non-hydrogen) atoms. The van der Waals surface area contributed by atoms with E-state index in [1.807, 2.05) is 48.5 Å². The number of imidazole rings is 1. The number of fused-ring (bicyclic) bond motifs is 2. The van der Waals surface area contributed by atoms with E-state index in [9.17, 15) is 14.9 Å². The van der Waals surface area contributed by atoms with Gasteiger partial charge in [-0.05, 0) is 73.1 Å². The van der Waals surface area contributed by atoms with Crippen molar-refractivity contribution in [3.8, 4) is 23.3 Å². The minimum Gasteiger partial charge on any atom is -0.457 e. The number of nitriles is 1. The van der Waals surface area contributed by atoms with Crippen molar-refractivity contribution in [3.05, 3.63) is 89.0 Å². The summed E-state index contributed by atoms with van der Waals surface area (Å²) in [5, 5.41) is 9.81. The lowest BCUT2D eigenvalue weighted by molar-refractivity contribution is -0.128. The highest BCUT2D eigenvalue weighted by molar-refractivity contribution is 5.97. The number of pyridine rings is 1. The molecule has 7 rings (SSSR count). The van der Waals surface area contributed by atoms with Gasteiger partial charge in [0.05, 0.1) is 30.5 Å². The Balaban J connectivity index is 1.19. The van der Waals surface area contributed by atoms with Crippen LogP contribution >= 0.6 is 0 Å². The smallest absolute Gasteiger partial charge is 0.334 e. The SMILES string of the molecule is N#CC(=CC1[C@H]2COC[C@@H]12)C(=O)N1CCCC(n2c(=O)n(-c3ccc(Oc4ccccc4)cc3)c3c(N)nccc32)C1. The van der Waals surface area contributed by atoms with Gasteiger partial charge in [0, 0.05) is 19.3 Å². The molecule has 2 saturated heterocycles. The highest BCUT2D eigenvalue weighted by atomic mass is 16.5. The number of hydrogen-bond acceptors (Lipinski definition) is 7. The van der Waals surface area contributed by atoms with Crippen LogP contribution < -0.4 is 16.2 Å². The van der Waals surface area contributed by atoms with E-state index in [4.69, 9.17) is 15.2 Å². The molecule has 2 aromatic carbocycles. The summed E-state index contributed by atoms with van der Waals surface area (Å²) in [7, 11) is 0. The summed E-state index contributed by atoms with van der Waals surface area (Å²) >= 11 is 0. The van der Waals surface area contributed by atoms with Crippen LogP contribution in [0.25, 0.3) is 16.7 Å². The van der Waals surface area contributed by atoms with Crippen LogP contribution in [0.2, 0.25) is 0 Å². The summed E-state index contributed by atoms with van der Waals surface area (Å²) < 4.78 is 14.7. The summed E-state index contributed by atoms with van der Waals surface area (Å²) in [5.41, 5.74) is 8.05. The molecule has 212 valence electrons. The van der Waals surface area contributed by atoms with E-state index in [0.717, 1.165) is 0 Å². The van der Waals surface area contributed by atoms with Crippen molar-refractivity contribution >= 4 is 22.8 Å². The third-order valence-electron chi connectivity index (χ3n) is 8.66. The number of nitrogen functional groups attached to an aromatic ring is 1. The molecule has 2 N–H and O–H groups in total. The van der Waals surface area contributed by atoms with Crippen molar-refractivity contribution in [2.45, 2.75) is 18.9 Å².